The van der Waals surface area contributed by atoms with Crippen molar-refractivity contribution in [3.8, 4) is 5.75 Å². The van der Waals surface area contributed by atoms with Crippen LogP contribution < -0.4 is 9.61 Å². The van der Waals surface area contributed by atoms with E-state index in [0.717, 1.165) is 16.9 Å². The number of thiophene rings is 1. The standard InChI is InChI=1S/C18H16N2O6S2/c1-10-11(2)19-25-18(10)20-28(22,23)16-5-6-27-17(16)14(21)7-12-3-4-13-9-24-26-15(13)8-12/h3-6,8,20H,7,9H2,1-2H3. The predicted octanol–water partition coefficient (Wildman–Crippen LogP) is 3.40. The summed E-state index contributed by atoms with van der Waals surface area (Å²) in [6, 6.07) is 6.75. The maximum Gasteiger partial charge on any atom is 0.265 e. The van der Waals surface area contributed by atoms with E-state index in [0.29, 0.717) is 29.2 Å². The van der Waals surface area contributed by atoms with Gasteiger partial charge in [-0.1, -0.05) is 17.3 Å². The Balaban J connectivity index is 1.58. The molecule has 8 nitrogen and oxygen atoms in total. The average Bonchev–Trinajstić information content (AvgIpc) is 3.38. The lowest BCUT2D eigenvalue weighted by molar-refractivity contribution is -0.194. The van der Waals surface area contributed by atoms with Crippen molar-refractivity contribution in [2.45, 2.75) is 31.8 Å². The van der Waals surface area contributed by atoms with Gasteiger partial charge in [-0.3, -0.25) is 4.79 Å². The first kappa shape index (κ1) is 18.7. The molecule has 1 aliphatic heterocycles. The third kappa shape index (κ3) is 3.41. The molecule has 146 valence electrons. The number of nitrogens with one attached hydrogen (secondary N) is 1. The molecule has 10 heteroatoms. The number of hydrogen-bond acceptors (Lipinski definition) is 8. The first-order chi connectivity index (χ1) is 13.3. The van der Waals surface area contributed by atoms with Crippen LogP contribution in [0.5, 0.6) is 5.75 Å². The van der Waals surface area contributed by atoms with E-state index in [1.807, 2.05) is 6.07 Å². The average molecular weight is 420 g/mol. The molecule has 0 unspecified atom stereocenters. The molecule has 0 aliphatic carbocycles. The van der Waals surface area contributed by atoms with Crippen molar-refractivity contribution in [2.75, 3.05) is 4.72 Å². The Labute approximate surface area is 165 Å². The Hall–Kier alpha value is -2.69. The molecule has 0 atom stereocenters. The van der Waals surface area contributed by atoms with Crippen molar-refractivity contribution in [1.82, 2.24) is 5.16 Å². The number of Topliss-reactive ketones (excluding diaryl/α,β-unsaturated/α-hetero) is 1. The molecule has 1 aliphatic rings. The Kier molecular flexibility index (Phi) is 4.69. The number of carbonyl (C=O) groups is 1. The summed E-state index contributed by atoms with van der Waals surface area (Å²) in [6.07, 6.45) is 0.0418. The Morgan fingerprint density at radius 2 is 2.11 bits per heavy atom. The van der Waals surface area contributed by atoms with Gasteiger partial charge in [0.1, 0.15) is 11.5 Å². The number of sulfonamides is 1. The van der Waals surface area contributed by atoms with Gasteiger partial charge in [0, 0.05) is 17.5 Å². The number of ketones is 1. The van der Waals surface area contributed by atoms with E-state index in [9.17, 15) is 13.2 Å². The van der Waals surface area contributed by atoms with Gasteiger partial charge in [0.2, 0.25) is 5.88 Å². The number of benzene rings is 1. The van der Waals surface area contributed by atoms with Crippen LogP contribution in [0, 0.1) is 13.8 Å². The topological polar surface area (TPSA) is 108 Å². The lowest BCUT2D eigenvalue weighted by Gasteiger charge is -2.07. The van der Waals surface area contributed by atoms with Crippen molar-refractivity contribution >= 4 is 33.0 Å². The maximum atomic E-state index is 12.8. The molecule has 1 N–H and O–H groups in total. The SMILES string of the molecule is Cc1noc(NS(=O)(=O)c2ccsc2C(=O)Cc2ccc3c(c2)OOC3)c1C. The van der Waals surface area contributed by atoms with Crippen LogP contribution in [0.4, 0.5) is 5.88 Å². The molecule has 0 bridgehead atoms. The quantitative estimate of drug-likeness (QED) is 0.481. The largest absolute Gasteiger partial charge is 0.337 e. The summed E-state index contributed by atoms with van der Waals surface area (Å²) in [7, 11) is -4.00. The second-order valence-corrected chi connectivity index (χ2v) is 8.90. The number of carbonyl (C=O) groups excluding carboxylic acids is 1. The number of hydrogen-bond donors (Lipinski definition) is 1. The van der Waals surface area contributed by atoms with Crippen LogP contribution in [0.15, 0.2) is 39.1 Å². The molecule has 0 fully saturated rings. The highest BCUT2D eigenvalue weighted by Crippen LogP contribution is 2.30. The fourth-order valence-corrected chi connectivity index (χ4v) is 5.16. The maximum absolute atomic E-state index is 12.8. The van der Waals surface area contributed by atoms with E-state index in [1.54, 1.807) is 31.4 Å². The minimum atomic E-state index is -4.00. The van der Waals surface area contributed by atoms with Gasteiger partial charge >= 0.3 is 0 Å². The molecule has 0 radical (unpaired) electrons. The first-order valence-corrected chi connectivity index (χ1v) is 10.7. The van der Waals surface area contributed by atoms with E-state index in [-0.39, 0.29) is 27.9 Å². The van der Waals surface area contributed by atoms with E-state index >= 15 is 0 Å². The second kappa shape index (κ2) is 7.04. The Bertz CT molecular complexity index is 1160. The highest BCUT2D eigenvalue weighted by molar-refractivity contribution is 7.93. The fraction of sp³-hybridized carbons (Fsp3) is 0.222. The van der Waals surface area contributed by atoms with Gasteiger partial charge in [-0.25, -0.2) is 13.1 Å². The summed E-state index contributed by atoms with van der Waals surface area (Å²) in [6.45, 7) is 3.77. The van der Waals surface area contributed by atoms with Crippen LogP contribution in [-0.4, -0.2) is 19.4 Å². The summed E-state index contributed by atoms with van der Waals surface area (Å²) in [5.41, 5.74) is 2.78. The highest BCUT2D eigenvalue weighted by Gasteiger charge is 2.26. The summed E-state index contributed by atoms with van der Waals surface area (Å²) >= 11 is 1.08. The number of aromatic nitrogens is 1. The second-order valence-electron chi connectivity index (χ2n) is 6.33. The van der Waals surface area contributed by atoms with Crippen molar-refractivity contribution in [3.05, 3.63) is 56.9 Å². The lowest BCUT2D eigenvalue weighted by atomic mass is 10.1. The third-order valence-electron chi connectivity index (χ3n) is 4.42. The van der Waals surface area contributed by atoms with Crippen molar-refractivity contribution in [3.63, 3.8) is 0 Å². The number of nitrogens with zero attached hydrogens (tertiary/aromatic N) is 1. The molecular weight excluding hydrogens is 404 g/mol. The Morgan fingerprint density at radius 3 is 2.86 bits per heavy atom. The monoisotopic (exact) mass is 420 g/mol. The van der Waals surface area contributed by atoms with E-state index < -0.39 is 10.0 Å². The van der Waals surface area contributed by atoms with Crippen LogP contribution in [-0.2, 0) is 27.9 Å². The van der Waals surface area contributed by atoms with Gasteiger partial charge in [0.05, 0.1) is 10.6 Å². The van der Waals surface area contributed by atoms with Crippen LogP contribution in [0.1, 0.15) is 32.1 Å². The predicted molar refractivity (Wildman–Crippen MR) is 101 cm³/mol. The molecule has 3 aromatic rings. The normalized spacial score (nSPS) is 13.2. The zero-order valence-corrected chi connectivity index (χ0v) is 16.6. The number of aryl methyl sites for hydroxylation is 1. The lowest BCUT2D eigenvalue weighted by Crippen LogP contribution is -2.16. The molecule has 0 amide bonds. The van der Waals surface area contributed by atoms with E-state index in [2.05, 4.69) is 9.88 Å². The zero-order valence-electron chi connectivity index (χ0n) is 15.0. The van der Waals surface area contributed by atoms with Gasteiger partial charge < -0.3 is 9.41 Å². The first-order valence-electron chi connectivity index (χ1n) is 8.33. The van der Waals surface area contributed by atoms with E-state index in [4.69, 9.17) is 14.3 Å². The minimum absolute atomic E-state index is 0.0397. The van der Waals surface area contributed by atoms with Crippen molar-refractivity contribution < 1.29 is 27.5 Å². The highest BCUT2D eigenvalue weighted by atomic mass is 32.2. The fourth-order valence-electron chi connectivity index (χ4n) is 2.73. The molecule has 1 aromatic carbocycles. The van der Waals surface area contributed by atoms with Gasteiger partial charge in [-0.15, -0.1) is 11.3 Å². The smallest absolute Gasteiger partial charge is 0.265 e. The molecular formula is C18H16N2O6S2. The van der Waals surface area contributed by atoms with Crippen LogP contribution in [0.3, 0.4) is 0 Å². The Morgan fingerprint density at radius 1 is 1.29 bits per heavy atom. The van der Waals surface area contributed by atoms with Crippen LogP contribution >= 0.6 is 11.3 Å². The van der Waals surface area contributed by atoms with Crippen molar-refractivity contribution in [1.29, 1.82) is 0 Å². The molecule has 2 aromatic heterocycles. The van der Waals surface area contributed by atoms with E-state index in [1.165, 1.54) is 6.07 Å². The van der Waals surface area contributed by atoms with Gasteiger partial charge in [0.15, 0.2) is 11.5 Å². The van der Waals surface area contributed by atoms with Crippen LogP contribution in [0.2, 0.25) is 0 Å². The molecule has 0 saturated heterocycles. The van der Waals surface area contributed by atoms with Crippen molar-refractivity contribution in [2.24, 2.45) is 0 Å². The summed E-state index contributed by atoms with van der Waals surface area (Å²) in [5, 5.41) is 5.30. The minimum Gasteiger partial charge on any atom is -0.337 e. The number of fused-ring (bicyclic) bond motifs is 1. The molecule has 4 rings (SSSR count). The summed E-state index contributed by atoms with van der Waals surface area (Å²) in [5.74, 6) is 0.305. The molecule has 0 saturated carbocycles. The van der Waals surface area contributed by atoms with Gasteiger partial charge in [0.25, 0.3) is 10.0 Å². The summed E-state index contributed by atoms with van der Waals surface area (Å²) in [4.78, 5) is 22.8. The molecule has 0 spiro atoms. The van der Waals surface area contributed by atoms with Crippen LogP contribution in [0.25, 0.3) is 0 Å². The third-order valence-corrected chi connectivity index (χ3v) is 6.87. The molecule has 28 heavy (non-hydrogen) atoms. The summed E-state index contributed by atoms with van der Waals surface area (Å²) < 4.78 is 32.9. The molecule has 3 heterocycles. The number of anilines is 1. The zero-order chi connectivity index (χ0) is 19.9. The van der Waals surface area contributed by atoms with Gasteiger partial charge in [-0.05, 0) is 36.9 Å². The van der Waals surface area contributed by atoms with Gasteiger partial charge in [-0.2, -0.15) is 4.89 Å². The number of rotatable bonds is 6.